The highest BCUT2D eigenvalue weighted by atomic mass is 19.2. The van der Waals surface area contributed by atoms with E-state index in [-0.39, 0.29) is 11.1 Å². The molecule has 0 atom stereocenters. The third kappa shape index (κ3) is 1.27. The molecule has 0 fully saturated rings. The highest BCUT2D eigenvalue weighted by molar-refractivity contribution is 5.75. The van der Waals surface area contributed by atoms with Crippen LogP contribution in [0.1, 0.15) is 11.1 Å². The Morgan fingerprint density at radius 2 is 1.91 bits per heavy atom. The molecule has 11 heavy (non-hydrogen) atoms. The Labute approximate surface area is 62.7 Å². The lowest BCUT2D eigenvalue weighted by Crippen LogP contribution is -1.94. The summed E-state index contributed by atoms with van der Waals surface area (Å²) in [5, 5.41) is 0. The Balaban J connectivity index is 3.36. The molecule has 0 saturated heterocycles. The largest absolute Gasteiger partial charge is 0.285 e. The van der Waals surface area contributed by atoms with E-state index < -0.39 is 11.6 Å². The Kier molecular flexibility index (Phi) is 1.98. The van der Waals surface area contributed by atoms with Gasteiger partial charge in [-0.05, 0) is 18.6 Å². The van der Waals surface area contributed by atoms with E-state index in [1.54, 1.807) is 0 Å². The number of benzene rings is 1. The maximum absolute atomic E-state index is 12.6. The lowest BCUT2D eigenvalue weighted by molar-refractivity contribution is 0.497. The predicted octanol–water partition coefficient (Wildman–Crippen LogP) is 1.73. The summed E-state index contributed by atoms with van der Waals surface area (Å²) in [6.07, 6.45) is 1.30. The molecule has 0 aliphatic rings. The van der Waals surface area contributed by atoms with E-state index in [4.69, 9.17) is 0 Å². The van der Waals surface area contributed by atoms with Gasteiger partial charge in [-0.1, -0.05) is 6.07 Å². The van der Waals surface area contributed by atoms with Gasteiger partial charge in [0, 0.05) is 0 Å². The highest BCUT2D eigenvalue weighted by Crippen LogP contribution is 2.13. The van der Waals surface area contributed by atoms with Crippen LogP contribution in [0.15, 0.2) is 12.1 Å². The van der Waals surface area contributed by atoms with E-state index in [9.17, 15) is 13.6 Å². The average Bonchev–Trinajstić information content (AvgIpc) is 2.01. The predicted molar refractivity (Wildman–Crippen MR) is 35.9 cm³/mol. The van der Waals surface area contributed by atoms with Gasteiger partial charge in [-0.3, -0.25) is 4.79 Å². The molecular formula is C8H5F2O. The zero-order valence-corrected chi connectivity index (χ0v) is 5.82. The number of rotatable bonds is 1. The maximum atomic E-state index is 12.6. The normalized spacial score (nSPS) is 9.73. The highest BCUT2D eigenvalue weighted by Gasteiger charge is 2.09. The summed E-state index contributed by atoms with van der Waals surface area (Å²) in [7, 11) is 0. The molecule has 0 unspecified atom stereocenters. The Morgan fingerprint density at radius 3 is 2.45 bits per heavy atom. The lowest BCUT2D eigenvalue weighted by atomic mass is 10.1. The first kappa shape index (κ1) is 7.85. The lowest BCUT2D eigenvalue weighted by Gasteiger charge is -1.97. The van der Waals surface area contributed by atoms with Crippen molar-refractivity contribution < 1.29 is 13.6 Å². The van der Waals surface area contributed by atoms with E-state index in [0.29, 0.717) is 0 Å². The van der Waals surface area contributed by atoms with Crippen molar-refractivity contribution in [2.45, 2.75) is 6.92 Å². The van der Waals surface area contributed by atoms with E-state index >= 15 is 0 Å². The van der Waals surface area contributed by atoms with Crippen LogP contribution in [0.3, 0.4) is 0 Å². The molecule has 1 aromatic rings. The van der Waals surface area contributed by atoms with Crippen LogP contribution in [0, 0.1) is 18.6 Å². The molecule has 0 aliphatic carbocycles. The first-order valence-corrected chi connectivity index (χ1v) is 2.99. The van der Waals surface area contributed by atoms with Gasteiger partial charge in [-0.15, -0.1) is 0 Å². The molecular weight excluding hydrogens is 150 g/mol. The van der Waals surface area contributed by atoms with Crippen molar-refractivity contribution in [1.29, 1.82) is 0 Å². The first-order chi connectivity index (χ1) is 5.16. The van der Waals surface area contributed by atoms with Gasteiger partial charge in [0.05, 0.1) is 5.56 Å². The summed E-state index contributed by atoms with van der Waals surface area (Å²) in [5.74, 6) is -2.11. The zero-order chi connectivity index (χ0) is 8.43. The smallest absolute Gasteiger partial charge is 0.236 e. The van der Waals surface area contributed by atoms with Gasteiger partial charge in [0.1, 0.15) is 0 Å². The maximum Gasteiger partial charge on any atom is 0.236 e. The number of aryl methyl sites for hydroxylation is 1. The average molecular weight is 155 g/mol. The second-order valence-electron chi connectivity index (χ2n) is 2.16. The third-order valence-corrected chi connectivity index (χ3v) is 1.39. The van der Waals surface area contributed by atoms with E-state index in [1.807, 2.05) is 0 Å². The van der Waals surface area contributed by atoms with Gasteiger partial charge in [-0.25, -0.2) is 8.78 Å². The Hall–Kier alpha value is -1.25. The molecule has 1 nitrogen and oxygen atoms in total. The van der Waals surface area contributed by atoms with Crippen molar-refractivity contribution in [2.24, 2.45) is 0 Å². The molecule has 0 saturated carbocycles. The van der Waals surface area contributed by atoms with Crippen molar-refractivity contribution in [3.05, 3.63) is 34.9 Å². The van der Waals surface area contributed by atoms with Crippen LogP contribution >= 0.6 is 0 Å². The second-order valence-corrected chi connectivity index (χ2v) is 2.16. The van der Waals surface area contributed by atoms with Crippen molar-refractivity contribution in [3.63, 3.8) is 0 Å². The van der Waals surface area contributed by atoms with Crippen molar-refractivity contribution in [2.75, 3.05) is 0 Å². The van der Waals surface area contributed by atoms with Gasteiger partial charge in [-0.2, -0.15) is 0 Å². The van der Waals surface area contributed by atoms with Crippen molar-refractivity contribution in [1.82, 2.24) is 0 Å². The van der Waals surface area contributed by atoms with Gasteiger partial charge >= 0.3 is 0 Å². The molecule has 0 N–H and O–H groups in total. The van der Waals surface area contributed by atoms with Crippen LogP contribution in [-0.2, 0) is 4.79 Å². The van der Waals surface area contributed by atoms with Gasteiger partial charge < -0.3 is 0 Å². The fourth-order valence-corrected chi connectivity index (χ4v) is 0.725. The molecule has 1 rings (SSSR count). The molecule has 57 valence electrons. The van der Waals surface area contributed by atoms with Crippen LogP contribution in [0.25, 0.3) is 0 Å². The van der Waals surface area contributed by atoms with Crippen molar-refractivity contribution >= 4 is 6.29 Å². The molecule has 0 spiro atoms. The molecule has 0 bridgehead atoms. The van der Waals surface area contributed by atoms with Crippen LogP contribution in [0.5, 0.6) is 0 Å². The standard InChI is InChI=1S/C8H5F2O/c1-5-2-3-6(4-11)8(10)7(5)9/h2-3H,1H3. The summed E-state index contributed by atoms with van der Waals surface area (Å²) in [6.45, 7) is 1.42. The molecule has 0 aliphatic heterocycles. The first-order valence-electron chi connectivity index (χ1n) is 2.99. The Morgan fingerprint density at radius 1 is 1.27 bits per heavy atom. The zero-order valence-electron chi connectivity index (χ0n) is 5.82. The van der Waals surface area contributed by atoms with E-state index in [0.717, 1.165) is 0 Å². The summed E-state index contributed by atoms with van der Waals surface area (Å²) in [4.78, 5) is 9.96. The molecule has 1 radical (unpaired) electrons. The van der Waals surface area contributed by atoms with E-state index in [1.165, 1.54) is 25.3 Å². The fraction of sp³-hybridized carbons (Fsp3) is 0.125. The van der Waals surface area contributed by atoms with Gasteiger partial charge in [0.2, 0.25) is 6.29 Å². The topological polar surface area (TPSA) is 17.1 Å². The third-order valence-electron chi connectivity index (χ3n) is 1.39. The van der Waals surface area contributed by atoms with Crippen LogP contribution < -0.4 is 0 Å². The number of carbonyl (C=O) groups excluding carboxylic acids is 1. The summed E-state index contributed by atoms with van der Waals surface area (Å²) >= 11 is 0. The SMILES string of the molecule is Cc1ccc([C]=O)c(F)c1F. The molecule has 0 aromatic heterocycles. The van der Waals surface area contributed by atoms with Gasteiger partial charge in [0.25, 0.3) is 0 Å². The van der Waals surface area contributed by atoms with E-state index in [2.05, 4.69) is 0 Å². The number of hydrogen-bond donors (Lipinski definition) is 0. The number of hydrogen-bond acceptors (Lipinski definition) is 1. The molecule has 3 heteroatoms. The quantitative estimate of drug-likeness (QED) is 0.603. The summed E-state index contributed by atoms with van der Waals surface area (Å²) in [6, 6.07) is 2.53. The van der Waals surface area contributed by atoms with Crippen LogP contribution in [0.4, 0.5) is 8.78 Å². The molecule has 0 heterocycles. The second kappa shape index (κ2) is 2.78. The summed E-state index contributed by atoms with van der Waals surface area (Å²) < 4.78 is 25.2. The summed E-state index contributed by atoms with van der Waals surface area (Å²) in [5.41, 5.74) is -0.186. The minimum atomic E-state index is -1.12. The monoisotopic (exact) mass is 155 g/mol. The van der Waals surface area contributed by atoms with Crippen LogP contribution in [0.2, 0.25) is 0 Å². The molecule has 1 aromatic carbocycles. The van der Waals surface area contributed by atoms with Gasteiger partial charge in [0.15, 0.2) is 11.6 Å². The Bertz CT molecular complexity index is 294. The fourth-order valence-electron chi connectivity index (χ4n) is 0.725. The van der Waals surface area contributed by atoms with Crippen LogP contribution in [-0.4, -0.2) is 6.29 Å². The minimum Gasteiger partial charge on any atom is -0.285 e. The number of halogens is 2. The minimum absolute atomic E-state index is 0.182. The molecule has 0 amide bonds. The van der Waals surface area contributed by atoms with Crippen molar-refractivity contribution in [3.8, 4) is 0 Å².